The van der Waals surface area contributed by atoms with Crippen LogP contribution in [0.15, 0.2) is 84.6 Å². The van der Waals surface area contributed by atoms with Gasteiger partial charge in [0.25, 0.3) is 11.9 Å². The number of rotatable bonds is 21. The summed E-state index contributed by atoms with van der Waals surface area (Å²) < 4.78 is 65.3. The van der Waals surface area contributed by atoms with E-state index in [-0.39, 0.29) is 51.4 Å². The number of carbonyl (C=O) groups is 4. The standard InChI is InChI=1S/C56H60O30/c1-75-33-13-23(3-8-28(33)57)5-11-41(63)77-20-37-44(66)47(69)50(72)54(84-37)80-26-16-31(60)27-18-36(83-56-52(74)49(71)46(68)39(86-56)22-79-43(65)19-40(61)62)53(81-32(27)17-26)25-7-10-30(59)35(15-25)82-55-51(73)48(70)45(67)38(85-55)21-78-42(64)12-6-24-4-9-29(58)34(14-24)76-2/h3-18,37-39,44-60,66-74H,19-22H2,1-2H3,(H,61,62)/p+1/b11-5+,12-6-/t37-,38+,39-,44-,45-,46-,47-,48-,49-,50+,51+,52-,53?,54+,55+,56+/m0/s1. The Balaban J connectivity index is 1.03. The highest BCUT2D eigenvalue weighted by molar-refractivity contribution is 5.90. The Bertz CT molecular complexity index is 3180. The van der Waals surface area contributed by atoms with Crippen LogP contribution in [0.3, 0.4) is 0 Å². The second-order valence-electron chi connectivity index (χ2n) is 19.6. The number of ether oxygens (including phenoxy) is 12. The summed E-state index contributed by atoms with van der Waals surface area (Å²) in [6, 6.07) is 14.2. The number of fused-ring (bicyclic) bond motifs is 1. The van der Waals surface area contributed by atoms with Gasteiger partial charge < -0.3 is 128 Å². The van der Waals surface area contributed by atoms with E-state index in [0.29, 0.717) is 11.1 Å². The molecule has 30 heteroatoms. The van der Waals surface area contributed by atoms with Crippen molar-refractivity contribution in [2.45, 2.75) is 105 Å². The number of aliphatic hydroxyl groups excluding tert-OH is 9. The number of esters is 3. The van der Waals surface area contributed by atoms with Gasteiger partial charge in [0.05, 0.1) is 25.8 Å². The van der Waals surface area contributed by atoms with Gasteiger partial charge >= 0.3 is 23.9 Å². The molecule has 3 saturated heterocycles. The zero-order chi connectivity index (χ0) is 62.3. The van der Waals surface area contributed by atoms with Crippen molar-refractivity contribution in [3.8, 4) is 51.7 Å². The molecule has 0 amide bonds. The number of aliphatic hydroxyl groups is 10. The minimum Gasteiger partial charge on any atom is -0.571 e. The predicted octanol–water partition coefficient (Wildman–Crippen LogP) is -1.41. The van der Waals surface area contributed by atoms with Gasteiger partial charge in [-0.15, -0.1) is 0 Å². The van der Waals surface area contributed by atoms with Crippen LogP contribution in [0.1, 0.15) is 34.8 Å². The van der Waals surface area contributed by atoms with E-state index in [9.17, 15) is 85.6 Å². The molecule has 0 bridgehead atoms. The first-order valence-electron chi connectivity index (χ1n) is 26.0. The summed E-state index contributed by atoms with van der Waals surface area (Å²) >= 11 is 0. The Morgan fingerprint density at radius 1 is 0.512 bits per heavy atom. The fourth-order valence-corrected chi connectivity index (χ4v) is 9.02. The van der Waals surface area contributed by atoms with Crippen molar-refractivity contribution < 1.29 is 148 Å². The molecule has 4 aliphatic heterocycles. The van der Waals surface area contributed by atoms with Crippen LogP contribution in [0.5, 0.6) is 51.7 Å². The molecule has 0 radical (unpaired) electrons. The summed E-state index contributed by atoms with van der Waals surface area (Å²) in [5.41, 5.74) is 0.737. The van der Waals surface area contributed by atoms with E-state index in [1.54, 1.807) is 0 Å². The van der Waals surface area contributed by atoms with Crippen LogP contribution in [0.2, 0.25) is 0 Å². The molecular weight excluding hydrogens is 1150 g/mol. The van der Waals surface area contributed by atoms with Crippen molar-refractivity contribution in [2.75, 3.05) is 34.0 Å². The molecule has 4 aliphatic rings. The summed E-state index contributed by atoms with van der Waals surface area (Å²) in [7, 11) is 2.66. The number of phenols is 4. The molecule has 4 aromatic rings. The van der Waals surface area contributed by atoms with Crippen molar-refractivity contribution in [1.82, 2.24) is 0 Å². The molecule has 464 valence electrons. The van der Waals surface area contributed by atoms with E-state index in [0.717, 1.165) is 30.4 Å². The third-order valence-corrected chi connectivity index (χ3v) is 13.7. The number of carboxylic acid groups (broad SMARTS) is 1. The number of phenolic OH excluding ortho intramolecular Hbond substituents is 4. The van der Waals surface area contributed by atoms with Gasteiger partial charge in [-0.3, -0.25) is 9.59 Å². The highest BCUT2D eigenvalue weighted by atomic mass is 16.7. The third-order valence-electron chi connectivity index (χ3n) is 13.7. The Labute approximate surface area is 485 Å². The first kappa shape index (κ1) is 63.5. The lowest BCUT2D eigenvalue weighted by molar-refractivity contribution is -0.296. The average Bonchev–Trinajstić information content (AvgIpc) is 1.38. The minimum absolute atomic E-state index is 0.00175. The van der Waals surface area contributed by atoms with E-state index in [4.69, 9.17) is 61.9 Å². The summed E-state index contributed by atoms with van der Waals surface area (Å²) in [5.74, 6) is -7.19. The normalized spacial score (nSPS) is 28.9. The van der Waals surface area contributed by atoms with Crippen molar-refractivity contribution >= 4 is 42.1 Å². The smallest absolute Gasteiger partial charge is 0.330 e. The Kier molecular flexibility index (Phi) is 20.4. The number of hydrogen-bond acceptors (Lipinski definition) is 28. The molecule has 0 aromatic heterocycles. The second-order valence-corrected chi connectivity index (χ2v) is 19.6. The van der Waals surface area contributed by atoms with Crippen molar-refractivity contribution in [2.24, 2.45) is 0 Å². The minimum atomic E-state index is -2.07. The van der Waals surface area contributed by atoms with Crippen molar-refractivity contribution in [1.29, 1.82) is 0 Å². The highest BCUT2D eigenvalue weighted by Gasteiger charge is 2.50. The predicted molar refractivity (Wildman–Crippen MR) is 283 cm³/mol. The van der Waals surface area contributed by atoms with Gasteiger partial charge in [-0.1, -0.05) is 12.1 Å². The number of aromatic hydroxyl groups is 5. The monoisotopic (exact) mass is 1210 g/mol. The SMILES string of the molecule is COc1cc(/C=C\C(=O)OC[C@H]2O[C@@H](Oc3cc(C4[OH+]c5cc(O[C@@H]6O[C@@H](COC(=O)/C=C/c7ccc(O)c(OC)c7)[C@H](O)[C@H](O)[C@H]6O)cc(O)c5C=C4O[C@@H]4O[C@@H](COC(=O)CC(=O)O)[C@H](O)[C@H](O)[C@@H]4O)ccc3O)[C@H](O)[C@@H](O)[C@H]2O)ccc1O. The Morgan fingerprint density at radius 3 is 1.45 bits per heavy atom. The van der Waals surface area contributed by atoms with E-state index < -0.39 is 166 Å². The lowest BCUT2D eigenvalue weighted by Gasteiger charge is -2.41. The van der Waals surface area contributed by atoms with Gasteiger partial charge in [-0.25, -0.2) is 9.59 Å². The molecule has 0 aliphatic carbocycles. The average molecular weight is 1210 g/mol. The van der Waals surface area contributed by atoms with Crippen molar-refractivity contribution in [3.63, 3.8) is 0 Å². The van der Waals surface area contributed by atoms with Crippen LogP contribution in [-0.2, 0) is 52.3 Å². The topological polar surface area (TPSA) is 466 Å². The second kappa shape index (κ2) is 27.7. The first-order valence-corrected chi connectivity index (χ1v) is 26.0. The molecule has 30 nitrogen and oxygen atoms in total. The van der Waals surface area contributed by atoms with Crippen molar-refractivity contribution in [3.05, 3.63) is 107 Å². The largest absolute Gasteiger partial charge is 0.571 e. The molecule has 8 rings (SSSR count). The lowest BCUT2D eigenvalue weighted by Crippen LogP contribution is -2.60. The van der Waals surface area contributed by atoms with Crippen LogP contribution in [0, 0.1) is 0 Å². The highest BCUT2D eigenvalue weighted by Crippen LogP contribution is 2.47. The zero-order valence-electron chi connectivity index (χ0n) is 45.1. The number of methoxy groups -OCH3 is 2. The lowest BCUT2D eigenvalue weighted by atomic mass is 9.98. The molecule has 15 N–H and O–H groups in total. The number of carbonyl (C=O) groups excluding carboxylic acids is 3. The number of hydrogen-bond donors (Lipinski definition) is 14. The van der Waals surface area contributed by atoms with Gasteiger partial charge in [0, 0.05) is 24.3 Å². The molecule has 4 heterocycles. The maximum Gasteiger partial charge on any atom is 0.330 e. The Morgan fingerprint density at radius 2 is 0.965 bits per heavy atom. The number of benzene rings is 4. The molecule has 4 aromatic carbocycles. The van der Waals surface area contributed by atoms with Gasteiger partial charge in [-0.2, -0.15) is 0 Å². The maximum atomic E-state index is 12.7. The summed E-state index contributed by atoms with van der Waals surface area (Å²) in [4.78, 5) is 48.6. The maximum absolute atomic E-state index is 12.7. The third kappa shape index (κ3) is 14.9. The van der Waals surface area contributed by atoms with Crippen LogP contribution in [0.4, 0.5) is 0 Å². The van der Waals surface area contributed by atoms with Gasteiger partial charge in [0.2, 0.25) is 18.9 Å². The molecule has 1 unspecified atom stereocenters. The van der Waals surface area contributed by atoms with E-state index >= 15 is 0 Å². The fraction of sp³-hybridized carbons (Fsp3) is 0.393. The van der Waals surface area contributed by atoms with Gasteiger partial charge in [-0.05, 0) is 65.7 Å². The summed E-state index contributed by atoms with van der Waals surface area (Å²) in [5, 5.41) is 150. The zero-order valence-corrected chi connectivity index (χ0v) is 45.1. The van der Waals surface area contributed by atoms with E-state index in [1.807, 2.05) is 0 Å². The fourth-order valence-electron chi connectivity index (χ4n) is 9.02. The van der Waals surface area contributed by atoms with E-state index in [1.165, 1.54) is 81.0 Å². The first-order chi connectivity index (χ1) is 40.9. The summed E-state index contributed by atoms with van der Waals surface area (Å²) in [6.07, 6.45) is -24.8. The molecule has 3 fully saturated rings. The number of carboxylic acids is 1. The van der Waals surface area contributed by atoms with Gasteiger partial charge in [0.15, 0.2) is 40.3 Å². The quantitative estimate of drug-likeness (QED) is 0.0150. The Hall–Kier alpha value is -8.50. The molecule has 16 atom stereocenters. The molecule has 86 heavy (non-hydrogen) atoms. The van der Waals surface area contributed by atoms with Crippen LogP contribution in [0.25, 0.3) is 18.2 Å². The van der Waals surface area contributed by atoms with Crippen LogP contribution < -0.4 is 18.9 Å². The number of aliphatic carboxylic acids is 1. The van der Waals surface area contributed by atoms with E-state index in [2.05, 4.69) is 0 Å². The molecule has 0 spiro atoms. The molecular formula is C56H61O30+. The van der Waals surface area contributed by atoms with Crippen LogP contribution in [-0.4, -0.2) is 226 Å². The molecule has 0 saturated carbocycles. The van der Waals surface area contributed by atoms with Gasteiger partial charge in [0.1, 0.15) is 117 Å². The van der Waals surface area contributed by atoms with Crippen LogP contribution >= 0.6 is 0 Å². The summed E-state index contributed by atoms with van der Waals surface area (Å²) in [6.45, 7) is -2.23.